The molecular weight excluding hydrogens is 462 g/mol. The quantitative estimate of drug-likeness (QED) is 0.488. The molecule has 1 amide bonds. The van der Waals surface area contributed by atoms with Crippen LogP contribution in [0.1, 0.15) is 27.7 Å². The number of para-hydroxylation sites is 1. The Bertz CT molecular complexity index is 1260. The van der Waals surface area contributed by atoms with Gasteiger partial charge < -0.3 is 29.2 Å². The van der Waals surface area contributed by atoms with E-state index in [9.17, 15) is 14.7 Å². The molecule has 0 radical (unpaired) electrons. The third-order valence-electron chi connectivity index (χ3n) is 7.00. The highest BCUT2D eigenvalue weighted by molar-refractivity contribution is 6.10. The number of esters is 1. The minimum atomic E-state index is -0.876. The molecule has 9 heteroatoms. The highest BCUT2D eigenvalue weighted by Crippen LogP contribution is 2.39. The number of morpholine rings is 1. The van der Waals surface area contributed by atoms with E-state index in [0.29, 0.717) is 25.4 Å². The summed E-state index contributed by atoms with van der Waals surface area (Å²) in [5, 5.41) is 13.3. The lowest BCUT2D eigenvalue weighted by atomic mass is 10.0. The van der Waals surface area contributed by atoms with E-state index in [4.69, 9.17) is 14.2 Å². The molecule has 3 heterocycles. The Balaban J connectivity index is 1.46. The summed E-state index contributed by atoms with van der Waals surface area (Å²) in [6.45, 7) is 6.44. The van der Waals surface area contributed by atoms with Crippen molar-refractivity contribution in [2.45, 2.75) is 25.4 Å². The number of benzene rings is 2. The minimum Gasteiger partial charge on any atom is -0.508 e. The van der Waals surface area contributed by atoms with Gasteiger partial charge in [-0.2, -0.15) is 0 Å². The highest BCUT2D eigenvalue weighted by Gasteiger charge is 2.32. The molecule has 3 aromatic rings. The molecule has 1 saturated heterocycles. The van der Waals surface area contributed by atoms with Gasteiger partial charge in [0.15, 0.2) is 0 Å². The second-order valence-corrected chi connectivity index (χ2v) is 9.28. The molecule has 0 bridgehead atoms. The van der Waals surface area contributed by atoms with Gasteiger partial charge in [0.2, 0.25) is 0 Å². The number of nitrogens with one attached hydrogen (secondary N) is 1. The summed E-state index contributed by atoms with van der Waals surface area (Å²) in [6, 6.07) is 11.4. The van der Waals surface area contributed by atoms with Crippen molar-refractivity contribution in [2.75, 3.05) is 46.6 Å². The number of phenols is 1. The van der Waals surface area contributed by atoms with Gasteiger partial charge in [-0.1, -0.05) is 24.3 Å². The first-order chi connectivity index (χ1) is 17.5. The molecule has 2 N–H and O–H groups in total. The highest BCUT2D eigenvalue weighted by atomic mass is 16.5. The smallest absolute Gasteiger partial charge is 0.328 e. The first-order valence-corrected chi connectivity index (χ1v) is 12.2. The van der Waals surface area contributed by atoms with Crippen molar-refractivity contribution in [1.29, 1.82) is 0 Å². The van der Waals surface area contributed by atoms with Crippen LogP contribution in [0.4, 0.5) is 0 Å². The minimum absolute atomic E-state index is 0.0513. The maximum absolute atomic E-state index is 13.7. The van der Waals surface area contributed by atoms with Crippen LogP contribution < -0.4 is 10.1 Å². The summed E-state index contributed by atoms with van der Waals surface area (Å²) in [4.78, 5) is 28.6. The summed E-state index contributed by atoms with van der Waals surface area (Å²) >= 11 is 0. The zero-order chi connectivity index (χ0) is 25.2. The number of ether oxygens (including phenoxy) is 3. The topological polar surface area (TPSA) is 102 Å². The van der Waals surface area contributed by atoms with Crippen LogP contribution in [0, 0.1) is 6.92 Å². The van der Waals surface area contributed by atoms with Crippen LogP contribution in [0.25, 0.3) is 10.9 Å². The molecule has 1 aromatic heterocycles. The van der Waals surface area contributed by atoms with Crippen LogP contribution in [0.5, 0.6) is 11.5 Å². The van der Waals surface area contributed by atoms with Gasteiger partial charge in [-0.3, -0.25) is 9.69 Å². The number of carbonyl (C=O) groups excluding carboxylic acids is 2. The van der Waals surface area contributed by atoms with Gasteiger partial charge in [0.25, 0.3) is 5.91 Å². The Morgan fingerprint density at radius 3 is 2.64 bits per heavy atom. The van der Waals surface area contributed by atoms with Crippen LogP contribution in [0.15, 0.2) is 42.5 Å². The zero-order valence-corrected chi connectivity index (χ0v) is 20.5. The van der Waals surface area contributed by atoms with E-state index in [-0.39, 0.29) is 24.1 Å². The van der Waals surface area contributed by atoms with Gasteiger partial charge in [-0.15, -0.1) is 0 Å². The molecule has 1 fully saturated rings. The van der Waals surface area contributed by atoms with E-state index in [1.807, 2.05) is 25.1 Å². The molecular formula is C27H31N3O6. The van der Waals surface area contributed by atoms with Crippen molar-refractivity contribution in [1.82, 2.24) is 14.8 Å². The average molecular weight is 494 g/mol. The number of aromatic hydroxyl groups is 1. The predicted octanol–water partition coefficient (Wildman–Crippen LogP) is 2.44. The summed E-state index contributed by atoms with van der Waals surface area (Å²) in [5.41, 5.74) is 3.06. The average Bonchev–Trinajstić information content (AvgIpc) is 3.20. The molecule has 0 unspecified atom stereocenters. The first-order valence-electron chi connectivity index (χ1n) is 12.2. The summed E-state index contributed by atoms with van der Waals surface area (Å²) in [6.07, 6.45) is 0.240. The zero-order valence-electron chi connectivity index (χ0n) is 20.5. The van der Waals surface area contributed by atoms with Crippen molar-refractivity contribution in [3.8, 4) is 11.5 Å². The standard InChI is InChI=1S/C27H31N3O6/c1-17-24(26(32)28-22(27(33)34-2)14-18-6-8-20(31)9-7-18)21-4-3-5-23-25(21)30(17)19(16-36-23)15-29-10-12-35-13-11-29/h3-9,19,22,31H,10-16H2,1-2H3,(H,28,32)/t19-,22+/m1/s1. The molecule has 5 rings (SSSR count). The van der Waals surface area contributed by atoms with Gasteiger partial charge in [-0.25, -0.2) is 4.79 Å². The van der Waals surface area contributed by atoms with E-state index in [2.05, 4.69) is 14.8 Å². The molecule has 190 valence electrons. The van der Waals surface area contributed by atoms with Crippen LogP contribution in [-0.4, -0.2) is 79.1 Å². The van der Waals surface area contributed by atoms with E-state index in [1.54, 1.807) is 24.3 Å². The van der Waals surface area contributed by atoms with Gasteiger partial charge in [0.05, 0.1) is 37.4 Å². The predicted molar refractivity (Wildman–Crippen MR) is 134 cm³/mol. The summed E-state index contributed by atoms with van der Waals surface area (Å²) in [7, 11) is 1.30. The van der Waals surface area contributed by atoms with Gasteiger partial charge in [0.1, 0.15) is 24.1 Å². The molecule has 36 heavy (non-hydrogen) atoms. The van der Waals surface area contributed by atoms with E-state index in [0.717, 1.165) is 47.5 Å². The SMILES string of the molecule is COC(=O)[C@H](Cc1ccc(O)cc1)NC(=O)c1c(C)n2c3c(cccc13)OC[C@H]2CN1CCOCC1. The molecule has 9 nitrogen and oxygen atoms in total. The van der Waals surface area contributed by atoms with Crippen molar-refractivity contribution < 1.29 is 28.9 Å². The lowest BCUT2D eigenvalue weighted by Gasteiger charge is -2.34. The van der Waals surface area contributed by atoms with Gasteiger partial charge in [0, 0.05) is 37.1 Å². The molecule has 0 spiro atoms. The Labute approximate surface area is 209 Å². The fourth-order valence-corrected chi connectivity index (χ4v) is 5.23. The maximum atomic E-state index is 13.7. The summed E-state index contributed by atoms with van der Waals surface area (Å²) in [5.74, 6) is 0.0171. The number of nitrogens with zero attached hydrogens (tertiary/aromatic N) is 2. The van der Waals surface area contributed by atoms with Crippen LogP contribution in [-0.2, 0) is 20.7 Å². The number of phenolic OH excluding ortho intramolecular Hbond substituents is 1. The van der Waals surface area contributed by atoms with Gasteiger partial charge in [-0.05, 0) is 30.7 Å². The Morgan fingerprint density at radius 1 is 1.17 bits per heavy atom. The number of hydrogen-bond acceptors (Lipinski definition) is 7. The lowest BCUT2D eigenvalue weighted by molar-refractivity contribution is -0.142. The van der Waals surface area contributed by atoms with Crippen molar-refractivity contribution in [2.24, 2.45) is 0 Å². The first kappa shape index (κ1) is 24.1. The van der Waals surface area contributed by atoms with Crippen molar-refractivity contribution in [3.05, 3.63) is 59.3 Å². The molecule has 2 aliphatic rings. The Hall–Kier alpha value is -3.56. The molecule has 2 aliphatic heterocycles. The van der Waals surface area contributed by atoms with E-state index < -0.39 is 12.0 Å². The molecule has 0 aliphatic carbocycles. The lowest BCUT2D eigenvalue weighted by Crippen LogP contribution is -2.43. The van der Waals surface area contributed by atoms with Crippen molar-refractivity contribution in [3.63, 3.8) is 0 Å². The molecule has 2 atom stereocenters. The fourth-order valence-electron chi connectivity index (χ4n) is 5.23. The van der Waals surface area contributed by atoms with E-state index >= 15 is 0 Å². The van der Waals surface area contributed by atoms with Gasteiger partial charge >= 0.3 is 5.97 Å². The second kappa shape index (κ2) is 10.2. The summed E-state index contributed by atoms with van der Waals surface area (Å²) < 4.78 is 18.8. The monoisotopic (exact) mass is 493 g/mol. The third kappa shape index (κ3) is 4.64. The maximum Gasteiger partial charge on any atom is 0.328 e. The van der Waals surface area contributed by atoms with Crippen LogP contribution in [0.2, 0.25) is 0 Å². The fraction of sp³-hybridized carbons (Fsp3) is 0.407. The van der Waals surface area contributed by atoms with E-state index in [1.165, 1.54) is 7.11 Å². The Morgan fingerprint density at radius 2 is 1.92 bits per heavy atom. The molecule has 0 saturated carbocycles. The number of rotatable bonds is 7. The second-order valence-electron chi connectivity index (χ2n) is 9.28. The number of carbonyl (C=O) groups is 2. The normalized spacial score (nSPS) is 18.4. The van der Waals surface area contributed by atoms with Crippen LogP contribution >= 0.6 is 0 Å². The van der Waals surface area contributed by atoms with Crippen molar-refractivity contribution >= 4 is 22.8 Å². The van der Waals surface area contributed by atoms with Crippen LogP contribution in [0.3, 0.4) is 0 Å². The number of methoxy groups -OCH3 is 1. The third-order valence-corrected chi connectivity index (χ3v) is 7.00. The largest absolute Gasteiger partial charge is 0.508 e. The number of hydrogen-bond donors (Lipinski definition) is 2. The molecule has 2 aromatic carbocycles. The number of amides is 1. The Kier molecular flexibility index (Phi) is 6.84. The number of aromatic nitrogens is 1.